The first-order valence-electron chi connectivity index (χ1n) is 7.14. The van der Waals surface area contributed by atoms with E-state index in [4.69, 9.17) is 26.0 Å². The number of rotatable bonds is 6. The predicted molar refractivity (Wildman–Crippen MR) is 89.5 cm³/mol. The largest absolute Gasteiger partial charge is 0.478 e. The van der Waals surface area contributed by atoms with Gasteiger partial charge in [-0.1, -0.05) is 23.3 Å². The maximum absolute atomic E-state index is 10.8. The normalized spacial score (nSPS) is 10.4. The van der Waals surface area contributed by atoms with Crippen molar-refractivity contribution in [2.75, 3.05) is 0 Å². The van der Waals surface area contributed by atoms with Gasteiger partial charge in [0, 0.05) is 23.4 Å². The van der Waals surface area contributed by atoms with Gasteiger partial charge in [0.1, 0.15) is 11.5 Å². The Morgan fingerprint density at radius 3 is 2.68 bits per heavy atom. The summed E-state index contributed by atoms with van der Waals surface area (Å²) in [5.74, 6) is 0.554. The number of halogens is 1. The van der Waals surface area contributed by atoms with Gasteiger partial charge in [0.15, 0.2) is 0 Å². The zero-order valence-electron chi connectivity index (χ0n) is 12.8. The van der Waals surface area contributed by atoms with Crippen LogP contribution < -0.4 is 4.74 Å². The number of pyridine rings is 1. The minimum atomic E-state index is -1.10. The lowest BCUT2D eigenvalue weighted by molar-refractivity contribution is -0.132. The average Bonchev–Trinajstić information content (AvgIpc) is 3.04. The molecule has 0 unspecified atom stereocenters. The summed E-state index contributed by atoms with van der Waals surface area (Å²) >= 11 is 5.86. The van der Waals surface area contributed by atoms with Crippen LogP contribution in [0.4, 0.5) is 0 Å². The number of aromatic nitrogens is 3. The van der Waals surface area contributed by atoms with Crippen LogP contribution in [0.1, 0.15) is 5.89 Å². The van der Waals surface area contributed by atoms with Crippen LogP contribution in [-0.2, 0) is 11.2 Å². The van der Waals surface area contributed by atoms with E-state index in [0.717, 1.165) is 0 Å². The molecule has 2 aromatic heterocycles. The van der Waals surface area contributed by atoms with Gasteiger partial charge in [0.05, 0.1) is 17.6 Å². The van der Waals surface area contributed by atoms with Crippen molar-refractivity contribution in [2.24, 2.45) is 0 Å². The second-order valence-electron chi connectivity index (χ2n) is 5.06. The molecule has 0 aliphatic heterocycles. The molecule has 0 atom stereocenters. The lowest BCUT2D eigenvalue weighted by atomic mass is 10.2. The second kappa shape index (κ2) is 7.14. The highest BCUT2D eigenvalue weighted by molar-refractivity contribution is 6.30. The SMILES string of the molecule is C=C(Cc1nc(-c2ccc(Oc3cncc(Cl)c3)cc2)no1)C(=O)O. The minimum Gasteiger partial charge on any atom is -0.478 e. The van der Waals surface area contributed by atoms with Gasteiger partial charge in [-0.2, -0.15) is 4.98 Å². The maximum atomic E-state index is 10.8. The first kappa shape index (κ1) is 16.7. The van der Waals surface area contributed by atoms with E-state index >= 15 is 0 Å². The standard InChI is InChI=1S/C17H12ClN3O4/c1-10(17(22)23)6-15-20-16(21-25-15)11-2-4-13(5-3-11)24-14-7-12(18)8-19-9-14/h2-5,7-9H,1,6H2,(H,22,23). The topological polar surface area (TPSA) is 98.3 Å². The number of hydrogen-bond donors (Lipinski definition) is 1. The quantitative estimate of drug-likeness (QED) is 0.670. The number of hydrogen-bond acceptors (Lipinski definition) is 6. The Kier molecular flexibility index (Phi) is 4.76. The molecule has 126 valence electrons. The fraction of sp³-hybridized carbons (Fsp3) is 0.0588. The molecule has 1 N–H and O–H groups in total. The molecule has 8 heteroatoms. The Bertz CT molecular complexity index is 922. The fourth-order valence-corrected chi connectivity index (χ4v) is 2.12. The Morgan fingerprint density at radius 1 is 1.24 bits per heavy atom. The molecule has 2 heterocycles. The molecule has 3 rings (SSSR count). The van der Waals surface area contributed by atoms with E-state index in [1.165, 1.54) is 6.20 Å². The van der Waals surface area contributed by atoms with Crippen LogP contribution in [0.25, 0.3) is 11.4 Å². The smallest absolute Gasteiger partial charge is 0.331 e. The lowest BCUT2D eigenvalue weighted by Crippen LogP contribution is -2.02. The van der Waals surface area contributed by atoms with Crippen molar-refractivity contribution >= 4 is 17.6 Å². The van der Waals surface area contributed by atoms with Crippen molar-refractivity contribution in [3.8, 4) is 22.9 Å². The van der Waals surface area contributed by atoms with Gasteiger partial charge in [-0.25, -0.2) is 4.79 Å². The summed E-state index contributed by atoms with van der Waals surface area (Å²) in [6, 6.07) is 8.65. The van der Waals surface area contributed by atoms with E-state index in [-0.39, 0.29) is 17.9 Å². The number of carbonyl (C=O) groups is 1. The van der Waals surface area contributed by atoms with Gasteiger partial charge < -0.3 is 14.4 Å². The molecule has 25 heavy (non-hydrogen) atoms. The summed E-state index contributed by atoms with van der Waals surface area (Å²) in [5.41, 5.74) is 0.682. The summed E-state index contributed by atoms with van der Waals surface area (Å²) in [4.78, 5) is 18.9. The van der Waals surface area contributed by atoms with Crippen LogP contribution in [0.3, 0.4) is 0 Å². The fourth-order valence-electron chi connectivity index (χ4n) is 1.96. The second-order valence-corrected chi connectivity index (χ2v) is 5.50. The number of aliphatic carboxylic acids is 1. The number of benzene rings is 1. The highest BCUT2D eigenvalue weighted by Gasteiger charge is 2.13. The van der Waals surface area contributed by atoms with Gasteiger partial charge in [-0.15, -0.1) is 0 Å². The Hall–Kier alpha value is -3.19. The highest BCUT2D eigenvalue weighted by Crippen LogP contribution is 2.25. The molecule has 1 aromatic carbocycles. The third-order valence-corrected chi connectivity index (χ3v) is 3.37. The first-order valence-corrected chi connectivity index (χ1v) is 7.51. The Labute approximate surface area is 147 Å². The molecule has 0 aliphatic carbocycles. The molecule has 3 aromatic rings. The van der Waals surface area contributed by atoms with Crippen molar-refractivity contribution in [1.82, 2.24) is 15.1 Å². The van der Waals surface area contributed by atoms with Crippen LogP contribution in [0, 0.1) is 0 Å². The number of ether oxygens (including phenoxy) is 1. The molecule has 0 saturated heterocycles. The zero-order valence-corrected chi connectivity index (χ0v) is 13.6. The molecule has 0 aliphatic rings. The highest BCUT2D eigenvalue weighted by atomic mass is 35.5. The molecular weight excluding hydrogens is 346 g/mol. The summed E-state index contributed by atoms with van der Waals surface area (Å²) < 4.78 is 10.7. The van der Waals surface area contributed by atoms with E-state index in [0.29, 0.717) is 27.9 Å². The van der Waals surface area contributed by atoms with Crippen LogP contribution in [0.5, 0.6) is 11.5 Å². The Morgan fingerprint density at radius 2 is 2.00 bits per heavy atom. The van der Waals surface area contributed by atoms with Crippen LogP contribution in [-0.4, -0.2) is 26.2 Å². The summed E-state index contributed by atoms with van der Waals surface area (Å²) in [7, 11) is 0. The van der Waals surface area contributed by atoms with Crippen molar-refractivity contribution < 1.29 is 19.2 Å². The molecule has 0 saturated carbocycles. The van der Waals surface area contributed by atoms with E-state index < -0.39 is 5.97 Å². The number of nitrogens with zero attached hydrogens (tertiary/aromatic N) is 3. The monoisotopic (exact) mass is 357 g/mol. The molecule has 0 spiro atoms. The van der Waals surface area contributed by atoms with Gasteiger partial charge in [0.2, 0.25) is 11.7 Å². The summed E-state index contributed by atoms with van der Waals surface area (Å²) in [6.07, 6.45) is 3.07. The summed E-state index contributed by atoms with van der Waals surface area (Å²) in [5, 5.41) is 13.1. The lowest BCUT2D eigenvalue weighted by Gasteiger charge is -2.05. The molecular formula is C17H12ClN3O4. The average molecular weight is 358 g/mol. The van der Waals surface area contributed by atoms with Crippen LogP contribution >= 0.6 is 11.6 Å². The predicted octanol–water partition coefficient (Wildman–Crippen LogP) is 3.76. The molecule has 0 amide bonds. The van der Waals surface area contributed by atoms with Crippen molar-refractivity contribution in [1.29, 1.82) is 0 Å². The number of carboxylic acid groups (broad SMARTS) is 1. The van der Waals surface area contributed by atoms with Gasteiger partial charge in [-0.3, -0.25) is 4.98 Å². The van der Waals surface area contributed by atoms with Crippen LogP contribution in [0.2, 0.25) is 5.02 Å². The van der Waals surface area contributed by atoms with Gasteiger partial charge in [0.25, 0.3) is 0 Å². The molecule has 0 fully saturated rings. The van der Waals surface area contributed by atoms with E-state index in [2.05, 4.69) is 21.7 Å². The number of carboxylic acids is 1. The minimum absolute atomic E-state index is 0.00864. The zero-order chi connectivity index (χ0) is 17.8. The van der Waals surface area contributed by atoms with E-state index in [1.807, 2.05) is 0 Å². The first-order chi connectivity index (χ1) is 12.0. The molecule has 7 nitrogen and oxygen atoms in total. The van der Waals surface area contributed by atoms with Crippen molar-refractivity contribution in [3.63, 3.8) is 0 Å². The maximum Gasteiger partial charge on any atom is 0.331 e. The van der Waals surface area contributed by atoms with Gasteiger partial charge in [-0.05, 0) is 24.3 Å². The Balaban J connectivity index is 1.71. The van der Waals surface area contributed by atoms with E-state index in [1.54, 1.807) is 36.5 Å². The van der Waals surface area contributed by atoms with Crippen molar-refractivity contribution in [2.45, 2.75) is 6.42 Å². The summed E-state index contributed by atoms with van der Waals surface area (Å²) in [6.45, 7) is 3.43. The van der Waals surface area contributed by atoms with Crippen molar-refractivity contribution in [3.05, 3.63) is 65.8 Å². The van der Waals surface area contributed by atoms with Crippen LogP contribution in [0.15, 0.2) is 59.4 Å². The third kappa shape index (κ3) is 4.21. The molecule has 0 bridgehead atoms. The molecule has 0 radical (unpaired) electrons. The third-order valence-electron chi connectivity index (χ3n) is 3.16. The van der Waals surface area contributed by atoms with Gasteiger partial charge >= 0.3 is 5.97 Å². The van der Waals surface area contributed by atoms with E-state index in [9.17, 15) is 4.79 Å².